The quantitative estimate of drug-likeness (QED) is 0.754. The van der Waals surface area contributed by atoms with Gasteiger partial charge in [0.1, 0.15) is 5.76 Å². The first-order chi connectivity index (χ1) is 10.2. The molecule has 21 heavy (non-hydrogen) atoms. The van der Waals surface area contributed by atoms with Crippen LogP contribution in [0, 0.1) is 5.82 Å². The zero-order valence-corrected chi connectivity index (χ0v) is 12.3. The number of hydrogen-bond acceptors (Lipinski definition) is 2. The van der Waals surface area contributed by atoms with E-state index in [2.05, 4.69) is 5.32 Å². The zero-order valence-electron chi connectivity index (χ0n) is 11.6. The van der Waals surface area contributed by atoms with E-state index in [1.165, 1.54) is 6.07 Å². The highest BCUT2D eigenvalue weighted by atomic mass is 35.5. The third kappa shape index (κ3) is 2.94. The van der Waals surface area contributed by atoms with Crippen LogP contribution in [0.5, 0.6) is 0 Å². The minimum absolute atomic E-state index is 0.0158. The average molecular weight is 304 g/mol. The monoisotopic (exact) mass is 303 g/mol. The number of halogens is 2. The maximum atomic E-state index is 13.7. The van der Waals surface area contributed by atoms with Crippen LogP contribution in [0.4, 0.5) is 4.39 Å². The molecule has 4 heteroatoms. The molecule has 0 saturated heterocycles. The van der Waals surface area contributed by atoms with Crippen LogP contribution >= 0.6 is 11.6 Å². The fourth-order valence-corrected chi connectivity index (χ4v) is 2.55. The minimum atomic E-state index is -0.333. The van der Waals surface area contributed by atoms with E-state index in [0.29, 0.717) is 10.6 Å². The van der Waals surface area contributed by atoms with E-state index in [9.17, 15) is 4.39 Å². The van der Waals surface area contributed by atoms with Gasteiger partial charge in [-0.25, -0.2) is 4.39 Å². The van der Waals surface area contributed by atoms with Gasteiger partial charge in [0.05, 0.1) is 6.04 Å². The highest BCUT2D eigenvalue weighted by molar-refractivity contribution is 6.30. The van der Waals surface area contributed by atoms with Gasteiger partial charge >= 0.3 is 0 Å². The Balaban J connectivity index is 1.90. The summed E-state index contributed by atoms with van der Waals surface area (Å²) in [6, 6.07) is 14.5. The second-order valence-corrected chi connectivity index (χ2v) is 5.42. The fraction of sp³-hybridized carbons (Fsp3) is 0.176. The van der Waals surface area contributed by atoms with Gasteiger partial charge < -0.3 is 9.73 Å². The van der Waals surface area contributed by atoms with Gasteiger partial charge in [-0.2, -0.15) is 0 Å². The summed E-state index contributed by atoms with van der Waals surface area (Å²) < 4.78 is 19.4. The summed E-state index contributed by atoms with van der Waals surface area (Å²) in [5.74, 6) is 0.396. The molecule has 0 bridgehead atoms. The number of nitrogens with one attached hydrogen (secondary N) is 1. The molecule has 0 fully saturated rings. The number of para-hydroxylation sites is 1. The Kier molecular flexibility index (Phi) is 3.95. The summed E-state index contributed by atoms with van der Waals surface area (Å²) >= 11 is 5.89. The molecule has 1 atom stereocenters. The topological polar surface area (TPSA) is 25.2 Å². The predicted molar refractivity (Wildman–Crippen MR) is 83.1 cm³/mol. The fourth-order valence-electron chi connectivity index (χ4n) is 2.42. The van der Waals surface area contributed by atoms with Gasteiger partial charge in [0, 0.05) is 10.4 Å². The number of rotatable bonds is 4. The van der Waals surface area contributed by atoms with Crippen LogP contribution in [0.2, 0.25) is 5.02 Å². The maximum Gasteiger partial charge on any atom is 0.169 e. The lowest BCUT2D eigenvalue weighted by molar-refractivity contribution is 0.442. The Hall–Kier alpha value is -1.84. The molecule has 0 aliphatic heterocycles. The Morgan fingerprint density at radius 3 is 2.62 bits per heavy atom. The first-order valence-electron chi connectivity index (χ1n) is 6.77. The van der Waals surface area contributed by atoms with Crippen molar-refractivity contribution in [2.45, 2.75) is 12.5 Å². The van der Waals surface area contributed by atoms with E-state index in [1.54, 1.807) is 6.07 Å². The normalized spacial score (nSPS) is 12.7. The van der Waals surface area contributed by atoms with Gasteiger partial charge in [-0.15, -0.1) is 0 Å². The second-order valence-electron chi connectivity index (χ2n) is 4.98. The van der Waals surface area contributed by atoms with Gasteiger partial charge in [0.25, 0.3) is 0 Å². The molecule has 0 aliphatic carbocycles. The van der Waals surface area contributed by atoms with E-state index in [4.69, 9.17) is 16.0 Å². The Morgan fingerprint density at radius 1 is 1.19 bits per heavy atom. The molecular formula is C17H15ClFNO. The summed E-state index contributed by atoms with van der Waals surface area (Å²) in [4.78, 5) is 0. The largest absolute Gasteiger partial charge is 0.456 e. The summed E-state index contributed by atoms with van der Waals surface area (Å²) in [6.07, 6.45) is 0.745. The van der Waals surface area contributed by atoms with Crippen molar-refractivity contribution >= 4 is 22.6 Å². The van der Waals surface area contributed by atoms with Gasteiger partial charge in [-0.3, -0.25) is 0 Å². The molecule has 3 rings (SSSR count). The number of hydrogen-bond donors (Lipinski definition) is 1. The molecule has 0 amide bonds. The van der Waals surface area contributed by atoms with Gasteiger partial charge in [0.15, 0.2) is 11.4 Å². The van der Waals surface area contributed by atoms with Crippen LogP contribution in [-0.4, -0.2) is 7.05 Å². The van der Waals surface area contributed by atoms with Crippen LogP contribution in [0.3, 0.4) is 0 Å². The summed E-state index contributed by atoms with van der Waals surface area (Å²) in [6.45, 7) is 0. The van der Waals surface area contributed by atoms with E-state index in [1.807, 2.05) is 43.4 Å². The maximum absolute atomic E-state index is 13.7. The zero-order chi connectivity index (χ0) is 14.8. The molecule has 108 valence electrons. The highest BCUT2D eigenvalue weighted by Crippen LogP contribution is 2.28. The summed E-state index contributed by atoms with van der Waals surface area (Å²) in [7, 11) is 1.87. The van der Waals surface area contributed by atoms with E-state index in [0.717, 1.165) is 23.1 Å². The lowest BCUT2D eigenvalue weighted by Gasteiger charge is -2.13. The molecular weight excluding hydrogens is 289 g/mol. The van der Waals surface area contributed by atoms with Crippen molar-refractivity contribution in [2.75, 3.05) is 7.05 Å². The van der Waals surface area contributed by atoms with Crippen LogP contribution in [-0.2, 0) is 6.42 Å². The van der Waals surface area contributed by atoms with Gasteiger partial charge in [0.2, 0.25) is 0 Å². The average Bonchev–Trinajstić information content (AvgIpc) is 2.92. The lowest BCUT2D eigenvalue weighted by atomic mass is 10.0. The summed E-state index contributed by atoms with van der Waals surface area (Å²) in [5.41, 5.74) is 1.45. The van der Waals surface area contributed by atoms with Crippen molar-refractivity contribution in [1.82, 2.24) is 5.32 Å². The summed E-state index contributed by atoms with van der Waals surface area (Å²) in [5, 5.41) is 4.71. The van der Waals surface area contributed by atoms with Crippen molar-refractivity contribution in [1.29, 1.82) is 0 Å². The predicted octanol–water partition coefficient (Wildman–Crippen LogP) is 4.73. The molecule has 0 aliphatic rings. The van der Waals surface area contributed by atoms with Crippen LogP contribution in [0.15, 0.2) is 52.9 Å². The molecule has 0 spiro atoms. The second kappa shape index (κ2) is 5.88. The molecule has 1 heterocycles. The molecule has 1 aromatic heterocycles. The van der Waals surface area contributed by atoms with Crippen LogP contribution < -0.4 is 5.32 Å². The number of fused-ring (bicyclic) bond motifs is 1. The first-order valence-corrected chi connectivity index (χ1v) is 7.15. The van der Waals surface area contributed by atoms with Crippen LogP contribution in [0.25, 0.3) is 11.0 Å². The highest BCUT2D eigenvalue weighted by Gasteiger charge is 2.16. The lowest BCUT2D eigenvalue weighted by Crippen LogP contribution is -2.18. The minimum Gasteiger partial charge on any atom is -0.456 e. The number of likely N-dealkylation sites (N-methyl/N-ethyl adjacent to an activating group) is 1. The molecule has 3 aromatic rings. The SMILES string of the molecule is CNC(Cc1ccc(Cl)cc1)c1cc2cccc(F)c2o1. The molecule has 2 aromatic carbocycles. The molecule has 0 saturated carbocycles. The number of benzene rings is 2. The third-order valence-corrected chi connectivity index (χ3v) is 3.81. The van der Waals surface area contributed by atoms with Gasteiger partial charge in [-0.05, 0) is 43.3 Å². The van der Waals surface area contributed by atoms with Crippen molar-refractivity contribution in [3.05, 3.63) is 70.7 Å². The third-order valence-electron chi connectivity index (χ3n) is 3.56. The molecule has 1 unspecified atom stereocenters. The van der Waals surface area contributed by atoms with Crippen LogP contribution in [0.1, 0.15) is 17.4 Å². The van der Waals surface area contributed by atoms with E-state index < -0.39 is 0 Å². The van der Waals surface area contributed by atoms with E-state index >= 15 is 0 Å². The molecule has 0 radical (unpaired) electrons. The van der Waals surface area contributed by atoms with Crippen molar-refractivity contribution < 1.29 is 8.81 Å². The van der Waals surface area contributed by atoms with Crippen molar-refractivity contribution in [2.24, 2.45) is 0 Å². The molecule has 1 N–H and O–H groups in total. The van der Waals surface area contributed by atoms with Crippen molar-refractivity contribution in [3.63, 3.8) is 0 Å². The number of furan rings is 1. The Bertz CT molecular complexity index is 751. The van der Waals surface area contributed by atoms with Gasteiger partial charge in [-0.1, -0.05) is 35.9 Å². The standard InChI is InChI=1S/C17H15ClFNO/c1-20-15(9-11-5-7-13(18)8-6-11)16-10-12-3-2-4-14(19)17(12)21-16/h2-8,10,15,20H,9H2,1H3. The smallest absolute Gasteiger partial charge is 0.169 e. The van der Waals surface area contributed by atoms with E-state index in [-0.39, 0.29) is 11.9 Å². The molecule has 2 nitrogen and oxygen atoms in total. The Morgan fingerprint density at radius 2 is 1.95 bits per heavy atom. The Labute approximate surface area is 127 Å². The van der Waals surface area contributed by atoms with Crippen molar-refractivity contribution in [3.8, 4) is 0 Å². The first kappa shape index (κ1) is 14.1.